The van der Waals surface area contributed by atoms with Crippen molar-refractivity contribution in [2.45, 2.75) is 6.10 Å². The molecule has 0 saturated carbocycles. The summed E-state index contributed by atoms with van der Waals surface area (Å²) in [6, 6.07) is 9.98. The van der Waals surface area contributed by atoms with Gasteiger partial charge in [-0.05, 0) is 35.9 Å². The Balaban J connectivity index is 1.26. The number of hydrogen-bond acceptors (Lipinski definition) is 7. The summed E-state index contributed by atoms with van der Waals surface area (Å²) >= 11 is 0. The molecule has 3 aromatic rings. The zero-order valence-electron chi connectivity index (χ0n) is 17.4. The van der Waals surface area contributed by atoms with Crippen molar-refractivity contribution >= 4 is 6.08 Å². The molecular weight excluding hydrogens is 392 g/mol. The average molecular weight is 416 g/mol. The van der Waals surface area contributed by atoms with E-state index in [-0.39, 0.29) is 6.10 Å². The summed E-state index contributed by atoms with van der Waals surface area (Å²) in [5.74, 6) is 1.74. The van der Waals surface area contributed by atoms with Crippen molar-refractivity contribution in [3.63, 3.8) is 0 Å². The number of methoxy groups -OCH3 is 1. The Morgan fingerprint density at radius 3 is 2.81 bits per heavy atom. The van der Waals surface area contributed by atoms with Crippen LogP contribution < -0.4 is 9.47 Å². The second kappa shape index (κ2) is 8.83. The summed E-state index contributed by atoms with van der Waals surface area (Å²) in [6.45, 7) is 3.81. The lowest BCUT2D eigenvalue weighted by Gasteiger charge is -2.33. The normalized spacial score (nSPS) is 18.6. The SMILES string of the molecule is COc1ccc2c(c1)C=C(CN1CCO[C@H](c3ccc(-c4cncnc4)cn3)C1)CO2. The fourth-order valence-corrected chi connectivity index (χ4v) is 3.95. The van der Waals surface area contributed by atoms with Gasteiger partial charge in [0.2, 0.25) is 0 Å². The monoisotopic (exact) mass is 416 g/mol. The number of morpholine rings is 1. The second-order valence-electron chi connectivity index (χ2n) is 7.69. The van der Waals surface area contributed by atoms with Crippen LogP contribution >= 0.6 is 0 Å². The number of rotatable bonds is 5. The first-order valence-corrected chi connectivity index (χ1v) is 10.3. The predicted molar refractivity (Wildman–Crippen MR) is 117 cm³/mol. The van der Waals surface area contributed by atoms with Crippen LogP contribution in [0.5, 0.6) is 11.5 Å². The van der Waals surface area contributed by atoms with Gasteiger partial charge in [0.15, 0.2) is 0 Å². The average Bonchev–Trinajstić information content (AvgIpc) is 2.84. The fraction of sp³-hybridized carbons (Fsp3) is 0.292. The Labute approximate surface area is 181 Å². The minimum atomic E-state index is -0.0488. The van der Waals surface area contributed by atoms with Crippen LogP contribution in [0.25, 0.3) is 17.2 Å². The molecule has 5 rings (SSSR count). The molecule has 1 saturated heterocycles. The Bertz CT molecular complexity index is 1070. The van der Waals surface area contributed by atoms with Crippen LogP contribution in [-0.4, -0.2) is 59.8 Å². The number of fused-ring (bicyclic) bond motifs is 1. The summed E-state index contributed by atoms with van der Waals surface area (Å²) in [6.07, 6.45) is 9.12. The topological polar surface area (TPSA) is 69.6 Å². The van der Waals surface area contributed by atoms with Crippen LogP contribution in [0.2, 0.25) is 0 Å². The van der Waals surface area contributed by atoms with Gasteiger partial charge in [0.25, 0.3) is 0 Å². The number of pyridine rings is 1. The standard InChI is InChI=1S/C24H24N4O3/c1-29-21-3-5-23-19(9-21)8-17(15-31-23)13-28-6-7-30-24(14-28)22-4-2-18(12-27-22)20-10-25-16-26-11-20/h2-5,8-12,16,24H,6-7,13-15H2,1H3/t24-/m0/s1. The first kappa shape index (κ1) is 19.7. The molecule has 1 atom stereocenters. The summed E-state index contributed by atoms with van der Waals surface area (Å²) in [5.41, 5.74) is 5.19. The van der Waals surface area contributed by atoms with Gasteiger partial charge in [-0.15, -0.1) is 0 Å². The van der Waals surface area contributed by atoms with Crippen molar-refractivity contribution in [3.8, 4) is 22.6 Å². The first-order chi connectivity index (χ1) is 15.3. The van der Waals surface area contributed by atoms with Crippen molar-refractivity contribution in [2.75, 3.05) is 40.0 Å². The number of hydrogen-bond donors (Lipinski definition) is 0. The molecule has 7 nitrogen and oxygen atoms in total. The van der Waals surface area contributed by atoms with Crippen LogP contribution in [0, 0.1) is 0 Å². The van der Waals surface area contributed by atoms with Crippen molar-refractivity contribution < 1.29 is 14.2 Å². The van der Waals surface area contributed by atoms with Crippen LogP contribution in [0.1, 0.15) is 17.4 Å². The van der Waals surface area contributed by atoms with Crippen LogP contribution in [0.4, 0.5) is 0 Å². The zero-order valence-corrected chi connectivity index (χ0v) is 17.4. The third-order valence-corrected chi connectivity index (χ3v) is 5.58. The molecule has 4 heterocycles. The molecule has 0 radical (unpaired) electrons. The lowest BCUT2D eigenvalue weighted by molar-refractivity contribution is -0.0294. The summed E-state index contributed by atoms with van der Waals surface area (Å²) in [7, 11) is 1.68. The van der Waals surface area contributed by atoms with E-state index in [9.17, 15) is 0 Å². The van der Waals surface area contributed by atoms with E-state index in [0.29, 0.717) is 13.2 Å². The van der Waals surface area contributed by atoms with Crippen molar-refractivity contribution in [1.29, 1.82) is 0 Å². The molecule has 158 valence electrons. The minimum Gasteiger partial charge on any atom is -0.497 e. The largest absolute Gasteiger partial charge is 0.497 e. The Hall–Kier alpha value is -3.29. The van der Waals surface area contributed by atoms with Crippen LogP contribution in [-0.2, 0) is 4.74 Å². The lowest BCUT2D eigenvalue weighted by Crippen LogP contribution is -2.40. The van der Waals surface area contributed by atoms with Gasteiger partial charge < -0.3 is 14.2 Å². The van der Waals surface area contributed by atoms with E-state index in [1.807, 2.05) is 36.5 Å². The molecule has 0 spiro atoms. The van der Waals surface area contributed by atoms with Crippen LogP contribution in [0.3, 0.4) is 0 Å². The van der Waals surface area contributed by atoms with E-state index in [4.69, 9.17) is 14.2 Å². The molecule has 2 aromatic heterocycles. The third kappa shape index (κ3) is 4.42. The highest BCUT2D eigenvalue weighted by Gasteiger charge is 2.24. The smallest absolute Gasteiger partial charge is 0.127 e. The number of aromatic nitrogens is 3. The highest BCUT2D eigenvalue weighted by molar-refractivity contribution is 5.64. The highest BCUT2D eigenvalue weighted by Crippen LogP contribution is 2.31. The molecule has 0 unspecified atom stereocenters. The van der Waals surface area contributed by atoms with Gasteiger partial charge in [0.05, 0.1) is 19.4 Å². The fourth-order valence-electron chi connectivity index (χ4n) is 3.95. The zero-order chi connectivity index (χ0) is 21.0. The van der Waals surface area contributed by atoms with Gasteiger partial charge in [-0.3, -0.25) is 9.88 Å². The van der Waals surface area contributed by atoms with Gasteiger partial charge in [0, 0.05) is 54.9 Å². The van der Waals surface area contributed by atoms with Gasteiger partial charge in [-0.25, -0.2) is 9.97 Å². The summed E-state index contributed by atoms with van der Waals surface area (Å²) in [5, 5.41) is 0. The Morgan fingerprint density at radius 1 is 1.10 bits per heavy atom. The van der Waals surface area contributed by atoms with E-state index in [1.54, 1.807) is 19.5 Å². The van der Waals surface area contributed by atoms with E-state index in [2.05, 4.69) is 25.9 Å². The maximum absolute atomic E-state index is 6.02. The van der Waals surface area contributed by atoms with E-state index >= 15 is 0 Å². The molecule has 2 aliphatic heterocycles. The van der Waals surface area contributed by atoms with Gasteiger partial charge >= 0.3 is 0 Å². The number of nitrogens with zero attached hydrogens (tertiary/aromatic N) is 4. The molecule has 7 heteroatoms. The van der Waals surface area contributed by atoms with Crippen molar-refractivity contribution in [1.82, 2.24) is 19.9 Å². The van der Waals surface area contributed by atoms with Crippen LogP contribution in [0.15, 0.2) is 60.8 Å². The number of benzene rings is 1. The summed E-state index contributed by atoms with van der Waals surface area (Å²) in [4.78, 5) is 15.2. The predicted octanol–water partition coefficient (Wildman–Crippen LogP) is 3.40. The second-order valence-corrected chi connectivity index (χ2v) is 7.69. The van der Waals surface area contributed by atoms with Gasteiger partial charge in [0.1, 0.15) is 30.5 Å². The van der Waals surface area contributed by atoms with Gasteiger partial charge in [-0.1, -0.05) is 6.07 Å². The lowest BCUT2D eigenvalue weighted by atomic mass is 10.1. The molecule has 2 aliphatic rings. The minimum absolute atomic E-state index is 0.0488. The quantitative estimate of drug-likeness (QED) is 0.631. The number of ether oxygens (including phenoxy) is 3. The summed E-state index contributed by atoms with van der Waals surface area (Å²) < 4.78 is 17.3. The molecule has 0 bridgehead atoms. The van der Waals surface area contributed by atoms with Crippen molar-refractivity contribution in [2.24, 2.45) is 0 Å². The molecule has 1 fully saturated rings. The third-order valence-electron chi connectivity index (χ3n) is 5.58. The molecule has 31 heavy (non-hydrogen) atoms. The Kier molecular flexibility index (Phi) is 5.60. The molecular formula is C24H24N4O3. The van der Waals surface area contributed by atoms with Crippen molar-refractivity contribution in [3.05, 3.63) is 72.1 Å². The van der Waals surface area contributed by atoms with E-state index in [0.717, 1.165) is 53.5 Å². The van der Waals surface area contributed by atoms with E-state index < -0.39 is 0 Å². The maximum atomic E-state index is 6.02. The Morgan fingerprint density at radius 2 is 2.00 bits per heavy atom. The molecule has 0 aliphatic carbocycles. The molecule has 0 N–H and O–H groups in total. The highest BCUT2D eigenvalue weighted by atomic mass is 16.5. The van der Waals surface area contributed by atoms with Gasteiger partial charge in [-0.2, -0.15) is 0 Å². The van der Waals surface area contributed by atoms with E-state index in [1.165, 1.54) is 11.9 Å². The molecule has 0 amide bonds. The first-order valence-electron chi connectivity index (χ1n) is 10.3. The maximum Gasteiger partial charge on any atom is 0.127 e. The molecule has 1 aromatic carbocycles.